The van der Waals surface area contributed by atoms with Crippen LogP contribution in [-0.2, 0) is 4.79 Å². The molecule has 3 rings (SSSR count). The molecule has 1 N–H and O–H groups in total. The summed E-state index contributed by atoms with van der Waals surface area (Å²) in [7, 11) is 0. The zero-order valence-electron chi connectivity index (χ0n) is 14.0. The summed E-state index contributed by atoms with van der Waals surface area (Å²) in [4.78, 5) is 14.4. The van der Waals surface area contributed by atoms with Gasteiger partial charge in [0.25, 0.3) is 0 Å². The quantitative estimate of drug-likeness (QED) is 0.801. The van der Waals surface area contributed by atoms with E-state index in [9.17, 15) is 4.79 Å². The van der Waals surface area contributed by atoms with Gasteiger partial charge >= 0.3 is 0 Å². The highest BCUT2D eigenvalue weighted by Gasteiger charge is 2.23. The van der Waals surface area contributed by atoms with Crippen molar-refractivity contribution in [2.45, 2.75) is 24.6 Å². The van der Waals surface area contributed by atoms with Crippen LogP contribution in [0, 0.1) is 19.8 Å². The second-order valence-corrected chi connectivity index (χ2v) is 8.47. The Labute approximate surface area is 150 Å². The topological polar surface area (TPSA) is 58.1 Å². The second-order valence-electron chi connectivity index (χ2n) is 6.07. The zero-order chi connectivity index (χ0) is 16.9. The molecule has 1 aromatic heterocycles. The molecule has 1 fully saturated rings. The van der Waals surface area contributed by atoms with Crippen LogP contribution >= 0.6 is 23.1 Å². The predicted octanol–water partition coefficient (Wildman–Crippen LogP) is 2.89. The maximum Gasteiger partial charge on any atom is 0.230 e. The van der Waals surface area contributed by atoms with Crippen LogP contribution in [0.5, 0.6) is 0 Å². The molecule has 5 nitrogen and oxygen atoms in total. The number of anilines is 1. The van der Waals surface area contributed by atoms with Crippen LogP contribution in [-0.4, -0.2) is 41.5 Å². The fourth-order valence-electron chi connectivity index (χ4n) is 2.91. The molecule has 1 amide bonds. The van der Waals surface area contributed by atoms with Gasteiger partial charge in [-0.3, -0.25) is 4.79 Å². The molecule has 1 aliphatic heterocycles. The number of amides is 1. The van der Waals surface area contributed by atoms with Crippen molar-refractivity contribution >= 4 is 34.7 Å². The first-order valence-corrected chi connectivity index (χ1v) is 9.92. The summed E-state index contributed by atoms with van der Waals surface area (Å²) in [6.45, 7) is 6.88. The lowest BCUT2D eigenvalue weighted by molar-refractivity contribution is -0.118. The molecule has 2 aromatic rings. The normalized spacial score (nSPS) is 17.2. The molecule has 7 heteroatoms. The average Bonchev–Trinajstić information content (AvgIpc) is 3.20. The van der Waals surface area contributed by atoms with Crippen LogP contribution in [0.1, 0.15) is 17.0 Å². The van der Waals surface area contributed by atoms with Crippen LogP contribution in [0.15, 0.2) is 28.6 Å². The minimum Gasteiger partial charge on any atom is -0.371 e. The van der Waals surface area contributed by atoms with Crippen molar-refractivity contribution in [2.75, 3.05) is 30.3 Å². The first-order valence-electron chi connectivity index (χ1n) is 8.12. The lowest BCUT2D eigenvalue weighted by Crippen LogP contribution is -2.32. The monoisotopic (exact) mass is 362 g/mol. The van der Waals surface area contributed by atoms with Crippen LogP contribution in [0.25, 0.3) is 0 Å². The third-order valence-electron chi connectivity index (χ3n) is 4.16. The van der Waals surface area contributed by atoms with Crippen molar-refractivity contribution in [3.63, 3.8) is 0 Å². The minimum absolute atomic E-state index is 0.0715. The number of rotatable bonds is 6. The van der Waals surface area contributed by atoms with E-state index in [4.69, 9.17) is 0 Å². The van der Waals surface area contributed by atoms with E-state index in [2.05, 4.69) is 51.6 Å². The van der Waals surface area contributed by atoms with Gasteiger partial charge in [0.1, 0.15) is 5.01 Å². The van der Waals surface area contributed by atoms with Crippen molar-refractivity contribution in [3.05, 3.63) is 34.8 Å². The Balaban J connectivity index is 1.41. The SMILES string of the molecule is Cc1nnc(SCC(=O)NCC2CCN(c3ccccc3C)C2)s1. The average molecular weight is 363 g/mol. The van der Waals surface area contributed by atoms with E-state index in [-0.39, 0.29) is 5.91 Å². The first-order chi connectivity index (χ1) is 11.6. The van der Waals surface area contributed by atoms with Gasteiger partial charge in [0, 0.05) is 25.3 Å². The summed E-state index contributed by atoms with van der Waals surface area (Å²) in [6.07, 6.45) is 1.12. The Bertz CT molecular complexity index is 703. The molecule has 128 valence electrons. The van der Waals surface area contributed by atoms with E-state index in [1.165, 1.54) is 34.3 Å². The maximum atomic E-state index is 12.0. The largest absolute Gasteiger partial charge is 0.371 e. The molecule has 1 saturated heterocycles. The van der Waals surface area contributed by atoms with Gasteiger partial charge in [-0.15, -0.1) is 10.2 Å². The van der Waals surface area contributed by atoms with Gasteiger partial charge in [-0.1, -0.05) is 41.3 Å². The van der Waals surface area contributed by atoms with Crippen molar-refractivity contribution in [2.24, 2.45) is 5.92 Å². The number of carbonyl (C=O) groups is 1. The van der Waals surface area contributed by atoms with Gasteiger partial charge in [0.15, 0.2) is 4.34 Å². The summed E-state index contributed by atoms with van der Waals surface area (Å²) >= 11 is 2.98. The molecule has 1 aliphatic rings. The van der Waals surface area contributed by atoms with Crippen molar-refractivity contribution < 1.29 is 4.79 Å². The molecule has 0 spiro atoms. The molecule has 1 unspecified atom stereocenters. The van der Waals surface area contributed by atoms with Gasteiger partial charge in [-0.05, 0) is 37.8 Å². The molecule has 1 atom stereocenters. The number of nitrogens with zero attached hydrogens (tertiary/aromatic N) is 3. The molecule has 0 radical (unpaired) electrons. The lowest BCUT2D eigenvalue weighted by atomic mass is 10.1. The number of thioether (sulfide) groups is 1. The smallest absolute Gasteiger partial charge is 0.230 e. The first kappa shape index (κ1) is 17.2. The maximum absolute atomic E-state index is 12.0. The Hall–Kier alpha value is -1.60. The third kappa shape index (κ3) is 4.48. The van der Waals surface area contributed by atoms with E-state index >= 15 is 0 Å². The Morgan fingerprint density at radius 2 is 2.21 bits per heavy atom. The van der Waals surface area contributed by atoms with E-state index < -0.39 is 0 Å². The number of para-hydroxylation sites is 1. The van der Waals surface area contributed by atoms with E-state index in [0.717, 1.165) is 35.4 Å². The van der Waals surface area contributed by atoms with Crippen molar-refractivity contribution in [3.8, 4) is 0 Å². The highest BCUT2D eigenvalue weighted by molar-refractivity contribution is 8.01. The summed E-state index contributed by atoms with van der Waals surface area (Å²) in [6, 6.07) is 8.49. The molecule has 1 aromatic carbocycles. The van der Waals surface area contributed by atoms with Crippen LogP contribution in [0.4, 0.5) is 5.69 Å². The third-order valence-corrected chi connectivity index (χ3v) is 6.14. The van der Waals surface area contributed by atoms with E-state index in [1.807, 2.05) is 6.92 Å². The van der Waals surface area contributed by atoms with Gasteiger partial charge in [0.2, 0.25) is 5.91 Å². The lowest BCUT2D eigenvalue weighted by Gasteiger charge is -2.21. The van der Waals surface area contributed by atoms with Crippen molar-refractivity contribution in [1.82, 2.24) is 15.5 Å². The Morgan fingerprint density at radius 3 is 2.96 bits per heavy atom. The number of aryl methyl sites for hydroxylation is 2. The zero-order valence-corrected chi connectivity index (χ0v) is 15.6. The minimum atomic E-state index is 0.0715. The summed E-state index contributed by atoms with van der Waals surface area (Å²) < 4.78 is 0.856. The Kier molecular flexibility index (Phi) is 5.73. The number of aromatic nitrogens is 2. The van der Waals surface area contributed by atoms with Crippen LogP contribution < -0.4 is 10.2 Å². The van der Waals surface area contributed by atoms with Gasteiger partial charge in [-0.2, -0.15) is 0 Å². The number of hydrogen-bond donors (Lipinski definition) is 1. The summed E-state index contributed by atoms with van der Waals surface area (Å²) in [5, 5.41) is 12.0. The van der Waals surface area contributed by atoms with Gasteiger partial charge in [-0.25, -0.2) is 0 Å². The van der Waals surface area contributed by atoms with E-state index in [1.54, 1.807) is 0 Å². The molecule has 24 heavy (non-hydrogen) atoms. The van der Waals surface area contributed by atoms with Crippen molar-refractivity contribution in [1.29, 1.82) is 0 Å². The highest BCUT2D eigenvalue weighted by Crippen LogP contribution is 2.26. The molecule has 0 saturated carbocycles. The molecule has 0 aliphatic carbocycles. The van der Waals surface area contributed by atoms with E-state index in [0.29, 0.717) is 11.7 Å². The van der Waals surface area contributed by atoms with Crippen LogP contribution in [0.2, 0.25) is 0 Å². The standard InChI is InChI=1S/C17H22N4OS2/c1-12-5-3-4-6-15(12)21-8-7-14(10-21)9-18-16(22)11-23-17-20-19-13(2)24-17/h3-6,14H,7-11H2,1-2H3,(H,18,22). The number of hydrogen-bond acceptors (Lipinski definition) is 6. The Morgan fingerprint density at radius 1 is 1.38 bits per heavy atom. The molecular weight excluding hydrogens is 340 g/mol. The summed E-state index contributed by atoms with van der Waals surface area (Å²) in [5.41, 5.74) is 2.62. The van der Waals surface area contributed by atoms with Gasteiger partial charge < -0.3 is 10.2 Å². The molecule has 0 bridgehead atoms. The number of nitrogens with one attached hydrogen (secondary N) is 1. The number of benzene rings is 1. The van der Waals surface area contributed by atoms with Crippen LogP contribution in [0.3, 0.4) is 0 Å². The number of carbonyl (C=O) groups excluding carboxylic acids is 1. The second kappa shape index (κ2) is 7.98. The predicted molar refractivity (Wildman–Crippen MR) is 99.9 cm³/mol. The van der Waals surface area contributed by atoms with Gasteiger partial charge in [0.05, 0.1) is 5.75 Å². The summed E-state index contributed by atoms with van der Waals surface area (Å²) in [5.74, 6) is 0.993. The fourth-order valence-corrected chi connectivity index (χ4v) is 4.56. The fraction of sp³-hybridized carbons (Fsp3) is 0.471. The highest BCUT2D eigenvalue weighted by atomic mass is 32.2. The molecular formula is C17H22N4OS2. The molecule has 2 heterocycles.